The maximum absolute atomic E-state index is 13.6. The summed E-state index contributed by atoms with van der Waals surface area (Å²) >= 11 is 0. The molecule has 0 saturated carbocycles. The first-order valence-electron chi connectivity index (χ1n) is 8.24. The molecule has 134 valence electrons. The first-order chi connectivity index (χ1) is 12.6. The number of ether oxygens (including phenoxy) is 2. The standard InChI is InChI=1S/C19H17F2N2O3/c1-22-13-4-2-3-5-14(13)23(19(22)18(20)21)11-15(24)12-6-7-16-17(10-12)26-9-8-25-16/h2-7,10,18H,8-9,11H2,1H3/q+1. The van der Waals surface area contributed by atoms with Crippen molar-refractivity contribution in [2.75, 3.05) is 13.2 Å². The lowest BCUT2D eigenvalue weighted by atomic mass is 10.1. The van der Waals surface area contributed by atoms with E-state index in [9.17, 15) is 13.6 Å². The molecule has 0 radical (unpaired) electrons. The summed E-state index contributed by atoms with van der Waals surface area (Å²) in [7, 11) is 1.58. The minimum Gasteiger partial charge on any atom is -0.486 e. The lowest BCUT2D eigenvalue weighted by Gasteiger charge is -2.18. The van der Waals surface area contributed by atoms with Crippen molar-refractivity contribution in [2.24, 2.45) is 7.05 Å². The Bertz CT molecular complexity index is 998. The van der Waals surface area contributed by atoms with Crippen LogP contribution in [0, 0.1) is 0 Å². The second kappa shape index (κ2) is 6.40. The first-order valence-corrected chi connectivity index (χ1v) is 8.24. The van der Waals surface area contributed by atoms with E-state index < -0.39 is 6.43 Å². The van der Waals surface area contributed by atoms with Gasteiger partial charge in [0, 0.05) is 5.56 Å². The number of ketones is 1. The Labute approximate surface area is 148 Å². The molecule has 2 heterocycles. The molecule has 1 aromatic heterocycles. The summed E-state index contributed by atoms with van der Waals surface area (Å²) in [6.45, 7) is 0.697. The van der Waals surface area contributed by atoms with Gasteiger partial charge in [-0.15, -0.1) is 0 Å². The number of alkyl halides is 2. The SMILES string of the molecule is C[n+]1c(C(F)F)n(CC(=O)c2ccc3c(c2)OCCO3)c2ccccc21. The summed E-state index contributed by atoms with van der Waals surface area (Å²) in [5, 5.41) is 0. The number of hydrogen-bond donors (Lipinski definition) is 0. The highest BCUT2D eigenvalue weighted by molar-refractivity contribution is 5.97. The molecule has 0 amide bonds. The molecule has 2 aromatic carbocycles. The first kappa shape index (κ1) is 16.5. The highest BCUT2D eigenvalue weighted by Gasteiger charge is 2.31. The highest BCUT2D eigenvalue weighted by Crippen LogP contribution is 2.31. The third-order valence-electron chi connectivity index (χ3n) is 4.52. The van der Waals surface area contributed by atoms with E-state index in [2.05, 4.69) is 0 Å². The van der Waals surface area contributed by atoms with Gasteiger partial charge in [0.15, 0.2) is 29.1 Å². The van der Waals surface area contributed by atoms with Crippen molar-refractivity contribution in [3.63, 3.8) is 0 Å². The van der Waals surface area contributed by atoms with Crippen LogP contribution in [0.15, 0.2) is 42.5 Å². The molecule has 3 aromatic rings. The average Bonchev–Trinajstić information content (AvgIpc) is 2.93. The topological polar surface area (TPSA) is 44.3 Å². The quantitative estimate of drug-likeness (QED) is 0.531. The fourth-order valence-electron chi connectivity index (χ4n) is 3.29. The number of fused-ring (bicyclic) bond motifs is 2. The summed E-state index contributed by atoms with van der Waals surface area (Å²) in [5.41, 5.74) is 1.64. The summed E-state index contributed by atoms with van der Waals surface area (Å²) in [5.74, 6) is 0.611. The number of aryl methyl sites for hydroxylation is 1. The second-order valence-corrected chi connectivity index (χ2v) is 6.07. The van der Waals surface area contributed by atoms with Crippen LogP contribution in [-0.2, 0) is 13.6 Å². The Morgan fingerprint density at radius 2 is 1.88 bits per heavy atom. The van der Waals surface area contributed by atoms with E-state index in [1.54, 1.807) is 49.5 Å². The summed E-state index contributed by atoms with van der Waals surface area (Å²) in [6.07, 6.45) is -2.69. The average molecular weight is 359 g/mol. The largest absolute Gasteiger partial charge is 0.486 e. The zero-order valence-electron chi connectivity index (χ0n) is 14.1. The Kier molecular flexibility index (Phi) is 4.06. The number of aromatic nitrogens is 2. The van der Waals surface area contributed by atoms with Crippen LogP contribution < -0.4 is 14.0 Å². The van der Waals surface area contributed by atoms with Gasteiger partial charge < -0.3 is 9.47 Å². The Hall–Kier alpha value is -2.96. The molecule has 0 aliphatic carbocycles. The Balaban J connectivity index is 1.73. The third kappa shape index (κ3) is 2.69. The fourth-order valence-corrected chi connectivity index (χ4v) is 3.29. The number of nitrogens with zero attached hydrogens (tertiary/aromatic N) is 2. The van der Waals surface area contributed by atoms with Gasteiger partial charge in [-0.05, 0) is 30.3 Å². The number of rotatable bonds is 4. The van der Waals surface area contributed by atoms with E-state index in [4.69, 9.17) is 9.47 Å². The van der Waals surface area contributed by atoms with Gasteiger partial charge >= 0.3 is 12.2 Å². The van der Waals surface area contributed by atoms with Crippen LogP contribution in [-0.4, -0.2) is 23.6 Å². The predicted octanol–water partition coefficient (Wildman–Crippen LogP) is 3.06. The number of Topliss-reactive ketones (excluding diaryl/α,β-unsaturated/α-hetero) is 1. The van der Waals surface area contributed by atoms with Gasteiger partial charge in [0.2, 0.25) is 5.78 Å². The van der Waals surface area contributed by atoms with Gasteiger partial charge in [0.05, 0.1) is 7.05 Å². The van der Waals surface area contributed by atoms with Crippen LogP contribution in [0.2, 0.25) is 0 Å². The zero-order chi connectivity index (χ0) is 18.3. The molecular weight excluding hydrogens is 342 g/mol. The van der Waals surface area contributed by atoms with Gasteiger partial charge in [-0.1, -0.05) is 12.1 Å². The summed E-state index contributed by atoms with van der Waals surface area (Å²) < 4.78 is 41.0. The molecule has 0 unspecified atom stereocenters. The van der Waals surface area contributed by atoms with Crippen molar-refractivity contribution >= 4 is 16.8 Å². The number of carbonyl (C=O) groups excluding carboxylic acids is 1. The zero-order valence-corrected chi connectivity index (χ0v) is 14.1. The molecule has 1 aliphatic heterocycles. The van der Waals surface area contributed by atoms with Crippen LogP contribution in [0.1, 0.15) is 22.6 Å². The number of carbonyl (C=O) groups is 1. The van der Waals surface area contributed by atoms with E-state index in [0.717, 1.165) is 0 Å². The molecule has 0 N–H and O–H groups in total. The van der Waals surface area contributed by atoms with Crippen LogP contribution in [0.5, 0.6) is 11.5 Å². The smallest absolute Gasteiger partial charge is 0.337 e. The molecule has 0 spiro atoms. The number of halogens is 2. The Morgan fingerprint density at radius 1 is 1.15 bits per heavy atom. The Morgan fingerprint density at radius 3 is 2.65 bits per heavy atom. The van der Waals surface area contributed by atoms with E-state index in [1.165, 1.54) is 9.13 Å². The molecule has 0 atom stereocenters. The van der Waals surface area contributed by atoms with E-state index in [0.29, 0.717) is 41.3 Å². The van der Waals surface area contributed by atoms with Gasteiger partial charge in [0.25, 0.3) is 0 Å². The van der Waals surface area contributed by atoms with Crippen LogP contribution in [0.4, 0.5) is 8.78 Å². The van der Waals surface area contributed by atoms with Gasteiger partial charge in [-0.25, -0.2) is 9.13 Å². The van der Waals surface area contributed by atoms with Crippen molar-refractivity contribution in [3.05, 3.63) is 53.9 Å². The van der Waals surface area contributed by atoms with Crippen LogP contribution in [0.3, 0.4) is 0 Å². The van der Waals surface area contributed by atoms with Gasteiger partial charge in [-0.3, -0.25) is 4.79 Å². The number of para-hydroxylation sites is 2. The molecule has 1 aliphatic rings. The third-order valence-corrected chi connectivity index (χ3v) is 4.52. The molecule has 4 rings (SSSR count). The monoisotopic (exact) mass is 359 g/mol. The highest BCUT2D eigenvalue weighted by atomic mass is 19.3. The number of hydrogen-bond acceptors (Lipinski definition) is 3. The van der Waals surface area contributed by atoms with Gasteiger partial charge in [0.1, 0.15) is 13.2 Å². The fraction of sp³-hybridized carbons (Fsp3) is 0.263. The van der Waals surface area contributed by atoms with Crippen molar-refractivity contribution in [1.29, 1.82) is 0 Å². The molecule has 5 nitrogen and oxygen atoms in total. The van der Waals surface area contributed by atoms with Crippen molar-refractivity contribution in [2.45, 2.75) is 13.0 Å². The molecule has 0 bridgehead atoms. The maximum atomic E-state index is 13.6. The lowest BCUT2D eigenvalue weighted by Crippen LogP contribution is -2.34. The molecule has 26 heavy (non-hydrogen) atoms. The van der Waals surface area contributed by atoms with E-state index in [1.807, 2.05) is 0 Å². The normalized spacial score (nSPS) is 13.4. The van der Waals surface area contributed by atoms with Gasteiger partial charge in [-0.2, -0.15) is 8.78 Å². The number of imidazole rings is 1. The van der Waals surface area contributed by atoms with Crippen molar-refractivity contribution < 1.29 is 27.6 Å². The molecular formula is C19H17F2N2O3+. The van der Waals surface area contributed by atoms with Crippen LogP contribution in [0.25, 0.3) is 11.0 Å². The van der Waals surface area contributed by atoms with E-state index in [-0.39, 0.29) is 18.2 Å². The second-order valence-electron chi connectivity index (χ2n) is 6.07. The summed E-state index contributed by atoms with van der Waals surface area (Å²) in [4.78, 5) is 12.8. The minimum absolute atomic E-state index is 0.180. The van der Waals surface area contributed by atoms with Crippen LogP contribution >= 0.6 is 0 Å². The molecule has 0 saturated heterocycles. The molecule has 7 heteroatoms. The maximum Gasteiger partial charge on any atom is 0.337 e. The summed E-state index contributed by atoms with van der Waals surface area (Å²) in [6, 6.07) is 11.9. The van der Waals surface area contributed by atoms with E-state index >= 15 is 0 Å². The molecule has 0 fully saturated rings. The van der Waals surface area contributed by atoms with Crippen molar-refractivity contribution in [3.8, 4) is 11.5 Å². The number of benzene rings is 2. The minimum atomic E-state index is -2.69. The predicted molar refractivity (Wildman–Crippen MR) is 89.8 cm³/mol. The van der Waals surface area contributed by atoms with Crippen molar-refractivity contribution in [1.82, 2.24) is 4.57 Å². The lowest BCUT2D eigenvalue weighted by molar-refractivity contribution is -0.659.